The summed E-state index contributed by atoms with van der Waals surface area (Å²) in [5.41, 5.74) is 1.30. The number of methoxy groups -OCH3 is 2. The summed E-state index contributed by atoms with van der Waals surface area (Å²) in [4.78, 5) is 42.9. The number of aromatic nitrogens is 1. The van der Waals surface area contributed by atoms with Gasteiger partial charge in [0, 0.05) is 12.1 Å². The van der Waals surface area contributed by atoms with Crippen LogP contribution in [0.4, 0.5) is 5.69 Å². The molecule has 4 aromatic rings. The Hall–Kier alpha value is -5.17. The van der Waals surface area contributed by atoms with Crippen LogP contribution >= 0.6 is 11.3 Å². The lowest BCUT2D eigenvalue weighted by Crippen LogP contribution is -2.39. The van der Waals surface area contributed by atoms with Crippen LogP contribution in [-0.2, 0) is 9.53 Å². The number of nitro groups is 1. The van der Waals surface area contributed by atoms with Crippen LogP contribution in [0.15, 0.2) is 74.0 Å². The number of rotatable bonds is 10. The zero-order valence-electron chi connectivity index (χ0n) is 24.6. The molecule has 1 aliphatic heterocycles. The summed E-state index contributed by atoms with van der Waals surface area (Å²) >= 11 is 1.15. The second-order valence-electron chi connectivity index (χ2n) is 9.49. The number of furan rings is 1. The Balaban J connectivity index is 1.63. The van der Waals surface area contributed by atoms with E-state index in [4.69, 9.17) is 23.4 Å². The average Bonchev–Trinajstić information content (AvgIpc) is 3.60. The summed E-state index contributed by atoms with van der Waals surface area (Å²) in [5, 5.41) is 11.2. The molecule has 0 radical (unpaired) electrons. The van der Waals surface area contributed by atoms with Crippen LogP contribution in [-0.4, -0.2) is 42.9 Å². The summed E-state index contributed by atoms with van der Waals surface area (Å²) in [6.07, 6.45) is 1.59. The largest absolute Gasteiger partial charge is 0.496 e. The maximum atomic E-state index is 14.0. The lowest BCUT2D eigenvalue weighted by atomic mass is 9.95. The van der Waals surface area contributed by atoms with E-state index in [1.807, 2.05) is 6.92 Å². The van der Waals surface area contributed by atoms with Crippen molar-refractivity contribution in [1.82, 2.24) is 4.57 Å². The zero-order valence-corrected chi connectivity index (χ0v) is 25.4. The maximum Gasteiger partial charge on any atom is 0.338 e. The van der Waals surface area contributed by atoms with Crippen LogP contribution in [0.5, 0.6) is 17.2 Å². The highest BCUT2D eigenvalue weighted by Crippen LogP contribution is 2.37. The van der Waals surface area contributed by atoms with Gasteiger partial charge >= 0.3 is 5.97 Å². The molecule has 44 heavy (non-hydrogen) atoms. The lowest BCUT2D eigenvalue weighted by molar-refractivity contribution is -0.384. The standard InChI is InChI=1S/C31H29N3O9S/c1-6-41-25-14-18(8-12-23(25)39-4)28-27(30(36)42-7-2)17(3)32-31-33(28)29(35)26(44-31)16-20-10-13-22(43-20)21-11-9-19(34(37)38)15-24(21)40-5/h8-16,28H,6-7H2,1-5H3/b26-16-/t28-/m1/s1. The molecule has 2 aromatic carbocycles. The first kappa shape index (κ1) is 30.3. The number of hydrogen-bond acceptors (Lipinski definition) is 11. The number of hydrogen-bond donors (Lipinski definition) is 0. The van der Waals surface area contributed by atoms with Gasteiger partial charge in [0.1, 0.15) is 17.3 Å². The number of carbonyl (C=O) groups is 1. The minimum absolute atomic E-state index is 0.115. The fourth-order valence-electron chi connectivity index (χ4n) is 4.94. The van der Waals surface area contributed by atoms with Gasteiger partial charge in [0.05, 0.1) is 65.8 Å². The van der Waals surface area contributed by atoms with Crippen molar-refractivity contribution in [1.29, 1.82) is 0 Å². The quantitative estimate of drug-likeness (QED) is 0.143. The van der Waals surface area contributed by atoms with Gasteiger partial charge in [-0.15, -0.1) is 0 Å². The number of thiazole rings is 1. The lowest BCUT2D eigenvalue weighted by Gasteiger charge is -2.25. The summed E-state index contributed by atoms with van der Waals surface area (Å²) in [6, 6.07) is 12.0. The SMILES string of the molecule is CCOC(=O)C1=C(C)N=c2s/c(=C\c3ccc(-c4ccc([N+](=O)[O-])cc4OC)o3)c(=O)n2[C@@H]1c1ccc(OC)c(OCC)c1. The van der Waals surface area contributed by atoms with Crippen molar-refractivity contribution in [3.8, 4) is 28.6 Å². The predicted octanol–water partition coefficient (Wildman–Crippen LogP) is 4.38. The van der Waals surface area contributed by atoms with Gasteiger partial charge in [-0.1, -0.05) is 17.4 Å². The van der Waals surface area contributed by atoms with Gasteiger partial charge in [-0.3, -0.25) is 19.5 Å². The van der Waals surface area contributed by atoms with Crippen molar-refractivity contribution in [2.24, 2.45) is 4.99 Å². The van der Waals surface area contributed by atoms with Crippen molar-refractivity contribution in [2.45, 2.75) is 26.8 Å². The molecule has 0 aliphatic carbocycles. The fraction of sp³-hybridized carbons (Fsp3) is 0.258. The Morgan fingerprint density at radius 2 is 1.84 bits per heavy atom. The van der Waals surface area contributed by atoms with Gasteiger partial charge in [-0.05, 0) is 56.7 Å². The molecule has 0 N–H and O–H groups in total. The fourth-order valence-corrected chi connectivity index (χ4v) is 5.97. The predicted molar refractivity (Wildman–Crippen MR) is 162 cm³/mol. The summed E-state index contributed by atoms with van der Waals surface area (Å²) in [5.74, 6) is 1.45. The van der Waals surface area contributed by atoms with Gasteiger partial charge in [-0.25, -0.2) is 9.79 Å². The Morgan fingerprint density at radius 3 is 2.52 bits per heavy atom. The first-order valence-electron chi connectivity index (χ1n) is 13.6. The molecule has 12 nitrogen and oxygen atoms in total. The number of fused-ring (bicyclic) bond motifs is 1. The molecule has 0 amide bonds. The normalized spacial score (nSPS) is 14.6. The molecule has 0 unspecified atom stereocenters. The van der Waals surface area contributed by atoms with E-state index in [1.165, 1.54) is 30.9 Å². The summed E-state index contributed by atoms with van der Waals surface area (Å²) < 4.78 is 29.7. The van der Waals surface area contributed by atoms with Crippen LogP contribution in [0.1, 0.15) is 38.1 Å². The van der Waals surface area contributed by atoms with E-state index in [-0.39, 0.29) is 29.2 Å². The number of allylic oxidation sites excluding steroid dienone is 1. The molecule has 0 spiro atoms. The van der Waals surface area contributed by atoms with Gasteiger partial charge in [0.15, 0.2) is 16.3 Å². The third kappa shape index (κ3) is 5.61. The van der Waals surface area contributed by atoms with Crippen LogP contribution in [0, 0.1) is 10.1 Å². The van der Waals surface area contributed by atoms with Gasteiger partial charge in [-0.2, -0.15) is 0 Å². The first-order valence-corrected chi connectivity index (χ1v) is 14.4. The van der Waals surface area contributed by atoms with E-state index in [2.05, 4.69) is 4.99 Å². The third-order valence-electron chi connectivity index (χ3n) is 6.88. The minimum atomic E-state index is -0.839. The highest BCUT2D eigenvalue weighted by molar-refractivity contribution is 7.07. The van der Waals surface area contributed by atoms with Crippen LogP contribution in [0.25, 0.3) is 17.4 Å². The summed E-state index contributed by atoms with van der Waals surface area (Å²) in [6.45, 7) is 5.81. The number of non-ortho nitro benzene ring substituents is 1. The number of nitrogens with zero attached hydrogens (tertiary/aromatic N) is 3. The van der Waals surface area contributed by atoms with Gasteiger partial charge < -0.3 is 23.4 Å². The molecule has 3 heterocycles. The minimum Gasteiger partial charge on any atom is -0.496 e. The average molecular weight is 620 g/mol. The molecule has 0 saturated heterocycles. The number of benzene rings is 2. The topological polar surface area (TPSA) is 145 Å². The number of carbonyl (C=O) groups excluding carboxylic acids is 1. The molecular weight excluding hydrogens is 590 g/mol. The van der Waals surface area contributed by atoms with E-state index in [0.717, 1.165) is 11.3 Å². The van der Waals surface area contributed by atoms with Crippen LogP contribution in [0.2, 0.25) is 0 Å². The zero-order chi connectivity index (χ0) is 31.5. The second kappa shape index (κ2) is 12.6. The molecule has 1 atom stereocenters. The maximum absolute atomic E-state index is 14.0. The molecule has 0 fully saturated rings. The highest BCUT2D eigenvalue weighted by atomic mass is 32.1. The summed E-state index contributed by atoms with van der Waals surface area (Å²) in [7, 11) is 2.95. The molecule has 228 valence electrons. The van der Waals surface area contributed by atoms with Crippen molar-refractivity contribution < 1.29 is 33.1 Å². The molecule has 1 aliphatic rings. The van der Waals surface area contributed by atoms with Crippen LogP contribution in [0.3, 0.4) is 0 Å². The third-order valence-corrected chi connectivity index (χ3v) is 7.86. The van der Waals surface area contributed by atoms with Gasteiger partial charge in [0.25, 0.3) is 11.2 Å². The molecular formula is C31H29N3O9S. The van der Waals surface area contributed by atoms with Crippen molar-refractivity contribution in [2.75, 3.05) is 27.4 Å². The number of nitro benzene ring substituents is 1. The highest BCUT2D eigenvalue weighted by Gasteiger charge is 2.34. The van der Waals surface area contributed by atoms with Crippen molar-refractivity contribution in [3.63, 3.8) is 0 Å². The van der Waals surface area contributed by atoms with E-state index in [9.17, 15) is 19.7 Å². The Labute approximate surface area is 255 Å². The van der Waals surface area contributed by atoms with Crippen LogP contribution < -0.4 is 29.1 Å². The molecule has 0 saturated carbocycles. The molecule has 0 bridgehead atoms. The molecule has 2 aromatic heterocycles. The smallest absolute Gasteiger partial charge is 0.338 e. The van der Waals surface area contributed by atoms with E-state index in [1.54, 1.807) is 56.3 Å². The Morgan fingerprint density at radius 1 is 1.07 bits per heavy atom. The first-order chi connectivity index (χ1) is 21.2. The second-order valence-corrected chi connectivity index (χ2v) is 10.5. The van der Waals surface area contributed by atoms with E-state index >= 15 is 0 Å². The molecule has 13 heteroatoms. The Bertz CT molecular complexity index is 1970. The molecule has 5 rings (SSSR count). The van der Waals surface area contributed by atoms with Crippen molar-refractivity contribution >= 4 is 29.1 Å². The monoisotopic (exact) mass is 619 g/mol. The van der Waals surface area contributed by atoms with Crippen molar-refractivity contribution in [3.05, 3.63) is 101 Å². The number of esters is 1. The van der Waals surface area contributed by atoms with E-state index in [0.29, 0.717) is 55.8 Å². The Kier molecular flexibility index (Phi) is 8.67. The van der Waals surface area contributed by atoms with Gasteiger partial charge in [0.2, 0.25) is 0 Å². The number of ether oxygens (including phenoxy) is 4. The van der Waals surface area contributed by atoms with E-state index < -0.39 is 16.9 Å².